The van der Waals surface area contributed by atoms with E-state index < -0.39 is 10.0 Å². The van der Waals surface area contributed by atoms with Crippen molar-refractivity contribution in [2.45, 2.75) is 36.6 Å². The van der Waals surface area contributed by atoms with E-state index in [2.05, 4.69) is 21.5 Å². The molecule has 0 spiro atoms. The van der Waals surface area contributed by atoms with Crippen LogP contribution in [0.25, 0.3) is 0 Å². The van der Waals surface area contributed by atoms with Gasteiger partial charge in [0, 0.05) is 25.8 Å². The second kappa shape index (κ2) is 8.75. The van der Waals surface area contributed by atoms with Gasteiger partial charge in [-0.1, -0.05) is 18.9 Å². The van der Waals surface area contributed by atoms with Crippen LogP contribution in [-0.2, 0) is 10.0 Å². The zero-order chi connectivity index (χ0) is 18.4. The Balaban J connectivity index is 1.87. The van der Waals surface area contributed by atoms with Gasteiger partial charge in [-0.3, -0.25) is 10.9 Å². The topological polar surface area (TPSA) is 85.5 Å². The van der Waals surface area contributed by atoms with Crippen molar-refractivity contribution < 1.29 is 8.42 Å². The summed E-state index contributed by atoms with van der Waals surface area (Å²) in [5.41, 5.74) is 6.19. The van der Waals surface area contributed by atoms with Gasteiger partial charge >= 0.3 is 0 Å². The second-order valence-corrected chi connectivity index (χ2v) is 8.94. The van der Waals surface area contributed by atoms with Crippen molar-refractivity contribution in [2.75, 3.05) is 19.4 Å². The lowest BCUT2D eigenvalue weighted by molar-refractivity contribution is 0.521. The average molecular weight is 402 g/mol. The van der Waals surface area contributed by atoms with E-state index in [-0.39, 0.29) is 10.0 Å². The van der Waals surface area contributed by atoms with E-state index in [9.17, 15) is 8.42 Å². The van der Waals surface area contributed by atoms with Crippen molar-refractivity contribution in [2.24, 2.45) is 0 Å². The van der Waals surface area contributed by atoms with Crippen molar-refractivity contribution in [1.82, 2.24) is 20.5 Å². The largest absolute Gasteiger partial charge is 0.359 e. The summed E-state index contributed by atoms with van der Waals surface area (Å²) in [6.45, 7) is 0. The highest BCUT2D eigenvalue weighted by molar-refractivity contribution is 7.89. The summed E-state index contributed by atoms with van der Waals surface area (Å²) in [5, 5.41) is 6.93. The minimum Gasteiger partial charge on any atom is -0.359 e. The normalized spacial score (nSPS) is 15.0. The molecule has 1 aromatic carbocycles. The van der Waals surface area contributed by atoms with Crippen LogP contribution in [0, 0.1) is 0 Å². The summed E-state index contributed by atoms with van der Waals surface area (Å²) < 4.78 is 25.5. The Bertz CT molecular complexity index is 730. The van der Waals surface area contributed by atoms with Gasteiger partial charge in [-0.15, -0.1) is 0 Å². The van der Waals surface area contributed by atoms with Crippen LogP contribution in [0.5, 0.6) is 0 Å². The van der Waals surface area contributed by atoms with Crippen molar-refractivity contribution in [1.29, 1.82) is 0 Å². The average Bonchev–Trinajstić information content (AvgIpc) is 3.06. The zero-order valence-electron chi connectivity index (χ0n) is 14.2. The van der Waals surface area contributed by atoms with Crippen molar-refractivity contribution >= 4 is 50.4 Å². The smallest absolute Gasteiger partial charge is 0.242 e. The molecule has 138 valence electrons. The van der Waals surface area contributed by atoms with Crippen LogP contribution in [0.15, 0.2) is 29.2 Å². The number of hydrogen-bond donors (Lipinski definition) is 4. The fourth-order valence-electron chi connectivity index (χ4n) is 2.51. The van der Waals surface area contributed by atoms with E-state index >= 15 is 0 Å². The fourth-order valence-corrected chi connectivity index (χ4v) is 3.85. The lowest BCUT2D eigenvalue weighted by Gasteiger charge is -2.18. The predicted octanol–water partition coefficient (Wildman–Crippen LogP) is 1.55. The molecule has 25 heavy (non-hydrogen) atoms. The van der Waals surface area contributed by atoms with Gasteiger partial charge in [0.25, 0.3) is 0 Å². The van der Waals surface area contributed by atoms with Gasteiger partial charge in [0.1, 0.15) is 0 Å². The highest BCUT2D eigenvalue weighted by atomic mass is 32.2. The Morgan fingerprint density at radius 1 is 1.12 bits per heavy atom. The third-order valence-corrected chi connectivity index (χ3v) is 6.09. The molecule has 0 atom stereocenters. The summed E-state index contributed by atoms with van der Waals surface area (Å²) in [6, 6.07) is 6.86. The molecule has 1 aliphatic carbocycles. The van der Waals surface area contributed by atoms with Crippen LogP contribution >= 0.6 is 24.4 Å². The molecular weight excluding hydrogens is 378 g/mol. The lowest BCUT2D eigenvalue weighted by Crippen LogP contribution is -2.50. The first-order chi connectivity index (χ1) is 11.8. The molecule has 7 nitrogen and oxygen atoms in total. The van der Waals surface area contributed by atoms with Gasteiger partial charge in [-0.25, -0.2) is 12.7 Å². The molecule has 1 aliphatic rings. The maximum Gasteiger partial charge on any atom is 0.242 e. The van der Waals surface area contributed by atoms with E-state index in [1.54, 1.807) is 12.1 Å². The van der Waals surface area contributed by atoms with Crippen molar-refractivity contribution in [3.05, 3.63) is 24.3 Å². The van der Waals surface area contributed by atoms with Gasteiger partial charge in [-0.2, -0.15) is 0 Å². The van der Waals surface area contributed by atoms with E-state index in [0.717, 1.165) is 17.1 Å². The highest BCUT2D eigenvalue weighted by Gasteiger charge is 2.17. The van der Waals surface area contributed by atoms with Gasteiger partial charge in [0.15, 0.2) is 10.2 Å². The Hall–Kier alpha value is -1.49. The van der Waals surface area contributed by atoms with Crippen LogP contribution in [-0.4, -0.2) is 43.1 Å². The summed E-state index contributed by atoms with van der Waals surface area (Å²) in [7, 11) is -0.511. The Morgan fingerprint density at radius 2 is 1.76 bits per heavy atom. The molecule has 1 aromatic rings. The molecular formula is C15H23N5O2S3. The maximum absolute atomic E-state index is 12.2. The Labute approximate surface area is 159 Å². The summed E-state index contributed by atoms with van der Waals surface area (Å²) >= 11 is 10.4. The van der Waals surface area contributed by atoms with Gasteiger partial charge < -0.3 is 10.6 Å². The first kappa shape index (κ1) is 19.8. The number of sulfonamides is 1. The van der Waals surface area contributed by atoms with Crippen LogP contribution in [0.4, 0.5) is 5.69 Å². The first-order valence-corrected chi connectivity index (χ1v) is 10.2. The molecule has 0 amide bonds. The van der Waals surface area contributed by atoms with Gasteiger partial charge in [-0.05, 0) is 55.5 Å². The molecule has 10 heteroatoms. The predicted molar refractivity (Wildman–Crippen MR) is 108 cm³/mol. The monoisotopic (exact) mass is 401 g/mol. The molecule has 0 heterocycles. The molecule has 2 rings (SSSR count). The number of hydrazine groups is 1. The third kappa shape index (κ3) is 5.77. The van der Waals surface area contributed by atoms with Crippen LogP contribution < -0.4 is 21.5 Å². The molecule has 0 radical (unpaired) electrons. The second-order valence-electron chi connectivity index (χ2n) is 5.97. The number of anilines is 1. The number of hydrogen-bond acceptors (Lipinski definition) is 4. The van der Waals surface area contributed by atoms with Gasteiger partial charge in [0.2, 0.25) is 10.0 Å². The highest BCUT2D eigenvalue weighted by Crippen LogP contribution is 2.18. The minimum absolute atomic E-state index is 0.191. The Morgan fingerprint density at radius 3 is 2.40 bits per heavy atom. The first-order valence-electron chi connectivity index (χ1n) is 7.95. The van der Waals surface area contributed by atoms with Crippen LogP contribution in [0.3, 0.4) is 0 Å². The molecule has 0 unspecified atom stereocenters. The number of thiocarbonyl (C=S) groups is 2. The number of benzene rings is 1. The molecule has 1 saturated carbocycles. The lowest BCUT2D eigenvalue weighted by atomic mass is 10.3. The third-order valence-electron chi connectivity index (χ3n) is 3.85. The molecule has 4 N–H and O–H groups in total. The standard InChI is InChI=1S/C15H23N5O2S3/c1-20(2)25(21,22)13-9-5-8-12(10-13)17-15(24)19-18-14(23)16-11-6-3-4-7-11/h5,8-11H,3-4,6-7H2,1-2H3,(H2,16,18,23)(H2,17,19,24). The molecule has 0 bridgehead atoms. The van der Waals surface area contributed by atoms with E-state index in [4.69, 9.17) is 24.4 Å². The molecule has 1 fully saturated rings. The Kier molecular flexibility index (Phi) is 6.94. The molecule has 0 aliphatic heterocycles. The SMILES string of the molecule is CN(C)S(=O)(=O)c1cccc(NC(=S)NNC(=S)NC2CCCC2)c1. The van der Waals surface area contributed by atoms with Crippen molar-refractivity contribution in [3.8, 4) is 0 Å². The minimum atomic E-state index is -3.49. The number of nitrogens with one attached hydrogen (secondary N) is 4. The van der Waals surface area contributed by atoms with Gasteiger partial charge in [0.05, 0.1) is 4.90 Å². The zero-order valence-corrected chi connectivity index (χ0v) is 16.7. The number of rotatable bonds is 4. The van der Waals surface area contributed by atoms with E-state index in [0.29, 0.717) is 16.8 Å². The maximum atomic E-state index is 12.2. The summed E-state index contributed by atoms with van der Waals surface area (Å²) in [6.07, 6.45) is 4.69. The molecule has 0 aromatic heterocycles. The van der Waals surface area contributed by atoms with E-state index in [1.165, 1.54) is 39.1 Å². The fraction of sp³-hybridized carbons (Fsp3) is 0.467. The van der Waals surface area contributed by atoms with Crippen LogP contribution in [0.1, 0.15) is 25.7 Å². The molecule has 0 saturated heterocycles. The van der Waals surface area contributed by atoms with E-state index in [1.807, 2.05) is 0 Å². The number of nitrogens with zero attached hydrogens (tertiary/aromatic N) is 1. The van der Waals surface area contributed by atoms with Crippen LogP contribution in [0.2, 0.25) is 0 Å². The van der Waals surface area contributed by atoms with Crippen molar-refractivity contribution in [3.63, 3.8) is 0 Å². The quantitative estimate of drug-likeness (QED) is 0.447. The summed E-state index contributed by atoms with van der Waals surface area (Å²) in [4.78, 5) is 0.191. The summed E-state index contributed by atoms with van der Waals surface area (Å²) in [5.74, 6) is 0.